The normalized spacial score (nSPS) is 11.2. The minimum Gasteiger partial charge on any atom is -0.492 e. The molecule has 2 aromatic carbocycles. The summed E-state index contributed by atoms with van der Waals surface area (Å²) in [4.78, 5) is 23.6. The third kappa shape index (κ3) is 7.96. The van der Waals surface area contributed by atoms with Crippen LogP contribution in [-0.4, -0.2) is 31.5 Å². The topological polar surface area (TPSA) is 73.9 Å². The number of hydrogen-bond acceptors (Lipinski definition) is 5. The first-order chi connectivity index (χ1) is 13.8. The van der Waals surface area contributed by atoms with Gasteiger partial charge in [0.1, 0.15) is 11.5 Å². The van der Waals surface area contributed by atoms with Gasteiger partial charge in [0, 0.05) is 6.08 Å². The van der Waals surface area contributed by atoms with E-state index in [1.807, 2.05) is 6.92 Å². The van der Waals surface area contributed by atoms with Crippen molar-refractivity contribution in [3.8, 4) is 11.5 Å². The molecule has 29 heavy (non-hydrogen) atoms. The van der Waals surface area contributed by atoms with Gasteiger partial charge in [0.15, 0.2) is 6.61 Å². The molecule has 0 aliphatic carbocycles. The van der Waals surface area contributed by atoms with Crippen molar-refractivity contribution in [1.82, 2.24) is 0 Å². The molecule has 0 bridgehead atoms. The van der Waals surface area contributed by atoms with Gasteiger partial charge in [0.25, 0.3) is 5.91 Å². The summed E-state index contributed by atoms with van der Waals surface area (Å²) < 4.78 is 50.3. The number of benzene rings is 2. The molecule has 6 nitrogen and oxygen atoms in total. The van der Waals surface area contributed by atoms with Gasteiger partial charge in [-0.3, -0.25) is 4.79 Å². The van der Waals surface area contributed by atoms with Gasteiger partial charge < -0.3 is 19.5 Å². The molecule has 0 atom stereocenters. The lowest BCUT2D eigenvalue weighted by molar-refractivity contribution is -0.274. The number of hydrogen-bond donors (Lipinski definition) is 1. The predicted molar refractivity (Wildman–Crippen MR) is 99.4 cm³/mol. The van der Waals surface area contributed by atoms with Crippen LogP contribution in [0.2, 0.25) is 0 Å². The van der Waals surface area contributed by atoms with Crippen LogP contribution in [0.5, 0.6) is 11.5 Å². The number of carbonyl (C=O) groups excluding carboxylic acids is 2. The quantitative estimate of drug-likeness (QED) is 0.523. The van der Waals surface area contributed by atoms with Gasteiger partial charge in [0.2, 0.25) is 0 Å². The molecule has 0 radical (unpaired) electrons. The second kappa shape index (κ2) is 10.2. The molecule has 2 rings (SSSR count). The van der Waals surface area contributed by atoms with Gasteiger partial charge in [-0.1, -0.05) is 24.3 Å². The van der Waals surface area contributed by atoms with E-state index in [0.717, 1.165) is 18.2 Å². The highest BCUT2D eigenvalue weighted by Gasteiger charge is 2.30. The first kappa shape index (κ1) is 21.8. The zero-order valence-corrected chi connectivity index (χ0v) is 15.4. The second-order valence-electron chi connectivity index (χ2n) is 5.54. The first-order valence-corrected chi connectivity index (χ1v) is 8.49. The summed E-state index contributed by atoms with van der Waals surface area (Å²) in [5, 5.41) is 2.58. The van der Waals surface area contributed by atoms with Crippen molar-refractivity contribution in [3.05, 3.63) is 60.2 Å². The van der Waals surface area contributed by atoms with Crippen LogP contribution in [-0.2, 0) is 14.3 Å². The van der Waals surface area contributed by atoms with E-state index in [0.29, 0.717) is 23.6 Å². The molecule has 0 fully saturated rings. The van der Waals surface area contributed by atoms with Gasteiger partial charge in [-0.25, -0.2) is 4.79 Å². The molecule has 0 aromatic heterocycles. The van der Waals surface area contributed by atoms with E-state index in [4.69, 9.17) is 9.47 Å². The summed E-state index contributed by atoms with van der Waals surface area (Å²) in [6.07, 6.45) is -2.38. The fraction of sp³-hybridized carbons (Fsp3) is 0.200. The lowest BCUT2D eigenvalue weighted by Gasteiger charge is -2.11. The van der Waals surface area contributed by atoms with Crippen LogP contribution in [0.4, 0.5) is 18.9 Å². The predicted octanol–water partition coefficient (Wildman–Crippen LogP) is 4.18. The number of carbonyl (C=O) groups is 2. The molecule has 0 spiro atoms. The van der Waals surface area contributed by atoms with Gasteiger partial charge in [-0.15, -0.1) is 13.2 Å². The molecule has 0 aliphatic heterocycles. The molecule has 9 heteroatoms. The Kier molecular flexibility index (Phi) is 7.64. The molecule has 1 amide bonds. The van der Waals surface area contributed by atoms with Crippen molar-refractivity contribution in [2.45, 2.75) is 13.3 Å². The number of rotatable bonds is 8. The summed E-state index contributed by atoms with van der Waals surface area (Å²) in [5.74, 6) is -1.21. The van der Waals surface area contributed by atoms with Crippen molar-refractivity contribution in [2.75, 3.05) is 18.5 Å². The van der Waals surface area contributed by atoms with E-state index in [1.54, 1.807) is 24.3 Å². The van der Waals surface area contributed by atoms with Crippen LogP contribution < -0.4 is 14.8 Å². The maximum Gasteiger partial charge on any atom is 0.573 e. The van der Waals surface area contributed by atoms with Crippen LogP contribution in [0.1, 0.15) is 12.5 Å². The molecule has 2 aromatic rings. The number of para-hydroxylation sites is 2. The molecule has 0 saturated heterocycles. The zero-order chi connectivity index (χ0) is 21.3. The number of halogens is 3. The van der Waals surface area contributed by atoms with Gasteiger partial charge in [-0.2, -0.15) is 0 Å². The average molecular weight is 409 g/mol. The van der Waals surface area contributed by atoms with E-state index in [1.165, 1.54) is 18.2 Å². The fourth-order valence-corrected chi connectivity index (χ4v) is 2.17. The zero-order valence-electron chi connectivity index (χ0n) is 15.4. The maximum absolute atomic E-state index is 12.1. The maximum atomic E-state index is 12.1. The van der Waals surface area contributed by atoms with Crippen molar-refractivity contribution < 1.29 is 37.0 Å². The summed E-state index contributed by atoms with van der Waals surface area (Å²) in [5.41, 5.74) is 0.902. The number of ether oxygens (including phenoxy) is 3. The Morgan fingerprint density at radius 3 is 2.41 bits per heavy atom. The molecule has 0 saturated carbocycles. The Morgan fingerprint density at radius 2 is 1.76 bits per heavy atom. The van der Waals surface area contributed by atoms with Crippen LogP contribution in [0, 0.1) is 0 Å². The third-order valence-electron chi connectivity index (χ3n) is 3.33. The van der Waals surface area contributed by atoms with Crippen molar-refractivity contribution in [2.24, 2.45) is 0 Å². The largest absolute Gasteiger partial charge is 0.573 e. The molecule has 0 heterocycles. The second-order valence-corrected chi connectivity index (χ2v) is 5.54. The van der Waals surface area contributed by atoms with Crippen molar-refractivity contribution in [1.29, 1.82) is 0 Å². The van der Waals surface area contributed by atoms with E-state index >= 15 is 0 Å². The van der Waals surface area contributed by atoms with E-state index in [-0.39, 0.29) is 5.75 Å². The van der Waals surface area contributed by atoms with Crippen LogP contribution in [0.25, 0.3) is 6.08 Å². The smallest absolute Gasteiger partial charge is 0.492 e. The molecule has 0 aliphatic rings. The molecular formula is C20H18F3NO5. The number of amides is 1. The molecule has 0 unspecified atom stereocenters. The fourth-order valence-electron chi connectivity index (χ4n) is 2.17. The molecule has 154 valence electrons. The minimum atomic E-state index is -4.77. The van der Waals surface area contributed by atoms with Crippen LogP contribution in [0.15, 0.2) is 54.6 Å². The van der Waals surface area contributed by atoms with Crippen molar-refractivity contribution >= 4 is 23.6 Å². The Balaban J connectivity index is 1.82. The highest BCUT2D eigenvalue weighted by molar-refractivity contribution is 5.95. The lowest BCUT2D eigenvalue weighted by Crippen LogP contribution is -2.20. The number of anilines is 1. The summed E-state index contributed by atoms with van der Waals surface area (Å²) in [7, 11) is 0. The van der Waals surface area contributed by atoms with E-state index in [2.05, 4.69) is 10.1 Å². The standard InChI is InChI=1S/C20H18F3NO5/c1-2-27-17-6-4-3-5-16(17)24-18(25)13-28-19(26)12-9-14-7-10-15(11-8-14)29-20(21,22)23/h3-12H,2,13H2,1H3,(H,24,25)/b12-9+. The van der Waals surface area contributed by atoms with Gasteiger partial charge in [-0.05, 0) is 42.8 Å². The Hall–Kier alpha value is -3.49. The van der Waals surface area contributed by atoms with Crippen LogP contribution in [0.3, 0.4) is 0 Å². The van der Waals surface area contributed by atoms with E-state index in [9.17, 15) is 22.8 Å². The summed E-state index contributed by atoms with van der Waals surface area (Å²) in [6, 6.07) is 11.7. The highest BCUT2D eigenvalue weighted by atomic mass is 19.4. The Morgan fingerprint density at radius 1 is 1.07 bits per heavy atom. The molecule has 1 N–H and O–H groups in total. The first-order valence-electron chi connectivity index (χ1n) is 8.49. The van der Waals surface area contributed by atoms with Crippen molar-refractivity contribution in [3.63, 3.8) is 0 Å². The SMILES string of the molecule is CCOc1ccccc1NC(=O)COC(=O)/C=C/c1ccc(OC(F)(F)F)cc1. The minimum absolute atomic E-state index is 0.374. The Bertz CT molecular complexity index is 863. The molecular weight excluding hydrogens is 391 g/mol. The monoisotopic (exact) mass is 409 g/mol. The summed E-state index contributed by atoms with van der Waals surface area (Å²) >= 11 is 0. The highest BCUT2D eigenvalue weighted by Crippen LogP contribution is 2.24. The third-order valence-corrected chi connectivity index (χ3v) is 3.33. The van der Waals surface area contributed by atoms with Crippen LogP contribution >= 0.6 is 0 Å². The number of esters is 1. The van der Waals surface area contributed by atoms with Gasteiger partial charge in [0.05, 0.1) is 12.3 Å². The average Bonchev–Trinajstić information content (AvgIpc) is 2.66. The Labute approximate surface area is 164 Å². The lowest BCUT2D eigenvalue weighted by atomic mass is 10.2. The number of alkyl halides is 3. The number of nitrogens with one attached hydrogen (secondary N) is 1. The van der Waals surface area contributed by atoms with Gasteiger partial charge >= 0.3 is 12.3 Å². The summed E-state index contributed by atoms with van der Waals surface area (Å²) in [6.45, 7) is 1.72. The van der Waals surface area contributed by atoms with E-state index < -0.39 is 24.8 Å².